The molecule has 0 unspecified atom stereocenters. The summed E-state index contributed by atoms with van der Waals surface area (Å²) in [5.74, 6) is -0.782. The summed E-state index contributed by atoms with van der Waals surface area (Å²) in [6.45, 7) is 4.41. The molecule has 0 saturated heterocycles. The van der Waals surface area contributed by atoms with Crippen molar-refractivity contribution in [2.75, 3.05) is 24.4 Å². The van der Waals surface area contributed by atoms with Gasteiger partial charge in [0.15, 0.2) is 5.11 Å². The molecule has 0 amide bonds. The zero-order valence-electron chi connectivity index (χ0n) is 18.8. The van der Waals surface area contributed by atoms with Gasteiger partial charge in [-0.15, -0.1) is 11.3 Å². The summed E-state index contributed by atoms with van der Waals surface area (Å²) >= 11 is 6.90. The monoisotopic (exact) mass is 482 g/mol. The minimum Gasteiger partial charge on any atom is -0.465 e. The highest BCUT2D eigenvalue weighted by atomic mass is 32.1. The van der Waals surface area contributed by atoms with Gasteiger partial charge in [0.25, 0.3) is 0 Å². The van der Waals surface area contributed by atoms with Gasteiger partial charge < -0.3 is 20.1 Å². The average molecular weight is 483 g/mol. The Hall–Kier alpha value is -3.23. The van der Waals surface area contributed by atoms with Crippen LogP contribution in [0.15, 0.2) is 54.6 Å². The van der Waals surface area contributed by atoms with Crippen molar-refractivity contribution in [1.82, 2.24) is 0 Å². The normalized spacial score (nSPS) is 10.4. The number of carbonyl (C=O) groups is 2. The molecule has 0 radical (unpaired) electrons. The van der Waals surface area contributed by atoms with Crippen LogP contribution in [-0.4, -0.2) is 30.8 Å². The highest BCUT2D eigenvalue weighted by Crippen LogP contribution is 2.40. The number of hydrogen-bond acceptors (Lipinski definition) is 6. The Morgan fingerprint density at radius 1 is 1.00 bits per heavy atom. The number of esters is 2. The fraction of sp³-hybridized carbons (Fsp3) is 0.240. The molecule has 1 aromatic heterocycles. The van der Waals surface area contributed by atoms with E-state index in [0.717, 1.165) is 28.8 Å². The minimum absolute atomic E-state index is 0.319. The Morgan fingerprint density at radius 3 is 2.33 bits per heavy atom. The Balaban J connectivity index is 1.74. The van der Waals surface area contributed by atoms with Crippen LogP contribution in [0.3, 0.4) is 0 Å². The van der Waals surface area contributed by atoms with E-state index in [1.54, 1.807) is 24.3 Å². The molecule has 0 fully saturated rings. The number of ether oxygens (including phenoxy) is 2. The number of anilines is 2. The molecule has 0 aliphatic carbocycles. The summed E-state index contributed by atoms with van der Waals surface area (Å²) < 4.78 is 10.3. The van der Waals surface area contributed by atoms with Gasteiger partial charge in [0.2, 0.25) is 0 Å². The third kappa shape index (κ3) is 6.18. The molecule has 0 saturated carbocycles. The van der Waals surface area contributed by atoms with E-state index < -0.39 is 5.97 Å². The second kappa shape index (κ2) is 11.6. The molecular weight excluding hydrogens is 456 g/mol. The molecule has 6 nitrogen and oxygen atoms in total. The number of nitrogens with one attached hydrogen (secondary N) is 2. The highest BCUT2D eigenvalue weighted by Gasteiger charge is 2.24. The third-order valence-corrected chi connectivity index (χ3v) is 6.10. The van der Waals surface area contributed by atoms with Crippen LogP contribution in [0.4, 0.5) is 10.7 Å². The first-order chi connectivity index (χ1) is 15.9. The molecule has 0 spiro atoms. The largest absolute Gasteiger partial charge is 0.465 e. The molecule has 8 heteroatoms. The number of methoxy groups -OCH3 is 1. The van der Waals surface area contributed by atoms with Crippen molar-refractivity contribution in [2.45, 2.75) is 26.7 Å². The van der Waals surface area contributed by atoms with E-state index >= 15 is 0 Å². The molecular formula is C25H26N2O4S2. The maximum atomic E-state index is 12.6. The smallest absolute Gasteiger partial charge is 0.341 e. The van der Waals surface area contributed by atoms with Gasteiger partial charge in [-0.2, -0.15) is 0 Å². The van der Waals surface area contributed by atoms with Crippen molar-refractivity contribution in [3.63, 3.8) is 0 Å². The first-order valence-electron chi connectivity index (χ1n) is 10.6. The Kier molecular flexibility index (Phi) is 8.57. The van der Waals surface area contributed by atoms with Gasteiger partial charge in [-0.05, 0) is 55.4 Å². The molecule has 3 rings (SSSR count). The molecule has 2 aromatic carbocycles. The van der Waals surface area contributed by atoms with E-state index in [1.807, 2.05) is 44.2 Å². The van der Waals surface area contributed by atoms with Gasteiger partial charge in [0.05, 0.1) is 19.3 Å². The van der Waals surface area contributed by atoms with Gasteiger partial charge in [0, 0.05) is 16.1 Å². The summed E-state index contributed by atoms with van der Waals surface area (Å²) in [7, 11) is 1.36. The highest BCUT2D eigenvalue weighted by molar-refractivity contribution is 7.80. The van der Waals surface area contributed by atoms with Gasteiger partial charge >= 0.3 is 11.9 Å². The number of rotatable bonds is 8. The maximum Gasteiger partial charge on any atom is 0.341 e. The first-order valence-corrected chi connectivity index (χ1v) is 11.8. The Bertz CT molecular complexity index is 1130. The van der Waals surface area contributed by atoms with Crippen molar-refractivity contribution >= 4 is 51.3 Å². The molecule has 2 N–H and O–H groups in total. The van der Waals surface area contributed by atoms with Crippen molar-refractivity contribution in [3.05, 3.63) is 70.6 Å². The number of thiocarbonyl (C=S) groups is 1. The van der Waals surface area contributed by atoms with Crippen LogP contribution < -0.4 is 10.6 Å². The van der Waals surface area contributed by atoms with E-state index in [9.17, 15) is 9.59 Å². The SMILES string of the molecule is CCCCOC(=O)c1ccc(NC(=S)Nc2sc(C)c(-c3ccccc3)c2C(=O)OC)cc1. The van der Waals surface area contributed by atoms with Gasteiger partial charge in [-0.3, -0.25) is 0 Å². The Morgan fingerprint density at radius 2 is 1.70 bits per heavy atom. The second-order valence-corrected chi connectivity index (χ2v) is 8.87. The van der Waals surface area contributed by atoms with E-state index in [0.29, 0.717) is 33.5 Å². The minimum atomic E-state index is -0.436. The summed E-state index contributed by atoms with van der Waals surface area (Å²) in [6, 6.07) is 16.6. The number of hydrogen-bond donors (Lipinski definition) is 2. The fourth-order valence-corrected chi connectivity index (χ4v) is 4.58. The maximum absolute atomic E-state index is 12.6. The molecule has 0 aliphatic heterocycles. The lowest BCUT2D eigenvalue weighted by Gasteiger charge is -2.12. The fourth-order valence-electron chi connectivity index (χ4n) is 3.23. The molecule has 1 heterocycles. The summed E-state index contributed by atoms with van der Waals surface area (Å²) in [6.07, 6.45) is 1.81. The van der Waals surface area contributed by atoms with Crippen molar-refractivity contribution in [2.24, 2.45) is 0 Å². The number of carbonyl (C=O) groups excluding carboxylic acids is 2. The molecule has 33 heavy (non-hydrogen) atoms. The summed E-state index contributed by atoms with van der Waals surface area (Å²) in [5.41, 5.74) is 3.38. The lowest BCUT2D eigenvalue weighted by molar-refractivity contribution is 0.0499. The van der Waals surface area contributed by atoms with Crippen LogP contribution in [0.2, 0.25) is 0 Å². The molecule has 0 aliphatic rings. The van der Waals surface area contributed by atoms with Crippen molar-refractivity contribution in [3.8, 4) is 11.1 Å². The zero-order chi connectivity index (χ0) is 23.8. The second-order valence-electron chi connectivity index (χ2n) is 7.24. The van der Waals surface area contributed by atoms with Crippen LogP contribution in [0.25, 0.3) is 11.1 Å². The quantitative estimate of drug-likeness (QED) is 0.222. The molecule has 0 atom stereocenters. The van der Waals surface area contributed by atoms with E-state index in [1.165, 1.54) is 18.4 Å². The lowest BCUT2D eigenvalue weighted by atomic mass is 10.0. The van der Waals surface area contributed by atoms with Crippen LogP contribution in [0, 0.1) is 6.92 Å². The average Bonchev–Trinajstić information content (AvgIpc) is 3.14. The van der Waals surface area contributed by atoms with Gasteiger partial charge in [-0.1, -0.05) is 43.7 Å². The number of aryl methyl sites for hydroxylation is 1. The van der Waals surface area contributed by atoms with Crippen LogP contribution in [0.1, 0.15) is 45.4 Å². The van der Waals surface area contributed by atoms with Crippen LogP contribution in [-0.2, 0) is 9.47 Å². The molecule has 0 bridgehead atoms. The Labute approximate surface area is 202 Å². The van der Waals surface area contributed by atoms with E-state index in [-0.39, 0.29) is 5.97 Å². The molecule has 172 valence electrons. The van der Waals surface area contributed by atoms with Gasteiger partial charge in [-0.25, -0.2) is 9.59 Å². The summed E-state index contributed by atoms with van der Waals surface area (Å²) in [4.78, 5) is 25.6. The lowest BCUT2D eigenvalue weighted by Crippen LogP contribution is -2.20. The van der Waals surface area contributed by atoms with Crippen molar-refractivity contribution in [1.29, 1.82) is 0 Å². The number of unbranched alkanes of at least 4 members (excludes halogenated alkanes) is 1. The van der Waals surface area contributed by atoms with Crippen LogP contribution in [0.5, 0.6) is 0 Å². The standard InChI is InChI=1S/C25H26N2O4S2/c1-4-5-15-31-23(28)18-11-13-19(14-12-18)26-25(32)27-22-21(24(29)30-3)20(16(2)33-22)17-9-7-6-8-10-17/h6-14H,4-5,15H2,1-3H3,(H2,26,27,32). The summed E-state index contributed by atoms with van der Waals surface area (Å²) in [5, 5.41) is 7.13. The first kappa shape index (κ1) is 24.4. The van der Waals surface area contributed by atoms with E-state index in [4.69, 9.17) is 21.7 Å². The van der Waals surface area contributed by atoms with Gasteiger partial charge in [0.1, 0.15) is 10.6 Å². The number of thiophene rings is 1. The predicted octanol–water partition coefficient (Wildman–Crippen LogP) is 6.28. The molecule has 3 aromatic rings. The topological polar surface area (TPSA) is 76.7 Å². The van der Waals surface area contributed by atoms with Crippen molar-refractivity contribution < 1.29 is 19.1 Å². The van der Waals surface area contributed by atoms with Crippen LogP contribution >= 0.6 is 23.6 Å². The predicted molar refractivity (Wildman–Crippen MR) is 137 cm³/mol. The number of benzene rings is 2. The van der Waals surface area contributed by atoms with E-state index in [2.05, 4.69) is 10.6 Å². The zero-order valence-corrected chi connectivity index (χ0v) is 20.4. The third-order valence-electron chi connectivity index (χ3n) is 4.87.